The molecule has 16 heavy (non-hydrogen) atoms. The van der Waals surface area contributed by atoms with Crippen LogP contribution in [0.15, 0.2) is 15.3 Å². The number of rotatable bonds is 5. The van der Waals surface area contributed by atoms with E-state index in [2.05, 4.69) is 0 Å². The van der Waals surface area contributed by atoms with E-state index in [0.29, 0.717) is 6.61 Å². The lowest BCUT2D eigenvalue weighted by molar-refractivity contribution is 0.0649. The van der Waals surface area contributed by atoms with Crippen molar-refractivity contribution in [3.8, 4) is 5.75 Å². The average Bonchev–Trinajstić information content (AvgIpc) is 2.20. The first-order valence-corrected chi connectivity index (χ1v) is 5.07. The number of ether oxygens (including phenoxy) is 1. The van der Waals surface area contributed by atoms with E-state index in [9.17, 15) is 9.59 Å². The van der Waals surface area contributed by atoms with E-state index in [0.717, 1.165) is 12.8 Å². The van der Waals surface area contributed by atoms with E-state index in [1.807, 2.05) is 6.92 Å². The molecule has 0 fully saturated rings. The molecule has 0 atom stereocenters. The normalized spacial score (nSPS) is 10.1. The molecular formula is C11H14O5. The minimum Gasteiger partial charge on any atom is -0.486 e. The number of carbonyl (C=O) groups is 1. The minimum atomic E-state index is -1.30. The number of carboxylic acid groups (broad SMARTS) is 1. The number of hydrogen-bond donors (Lipinski definition) is 1. The van der Waals surface area contributed by atoms with Gasteiger partial charge in [0.1, 0.15) is 5.76 Å². The highest BCUT2D eigenvalue weighted by Gasteiger charge is 2.18. The van der Waals surface area contributed by atoms with Gasteiger partial charge in [-0.3, -0.25) is 4.79 Å². The van der Waals surface area contributed by atoms with Crippen molar-refractivity contribution in [3.05, 3.63) is 27.8 Å². The van der Waals surface area contributed by atoms with Gasteiger partial charge in [-0.2, -0.15) is 0 Å². The van der Waals surface area contributed by atoms with Crippen molar-refractivity contribution in [1.82, 2.24) is 0 Å². The van der Waals surface area contributed by atoms with Crippen molar-refractivity contribution in [2.24, 2.45) is 0 Å². The van der Waals surface area contributed by atoms with Crippen LogP contribution < -0.4 is 10.2 Å². The number of hydrogen-bond acceptors (Lipinski definition) is 4. The van der Waals surface area contributed by atoms with Crippen molar-refractivity contribution in [3.63, 3.8) is 0 Å². The third-order valence-electron chi connectivity index (χ3n) is 1.97. The summed E-state index contributed by atoms with van der Waals surface area (Å²) >= 11 is 0. The summed E-state index contributed by atoms with van der Waals surface area (Å²) in [6.07, 6.45) is 1.66. The fourth-order valence-electron chi connectivity index (χ4n) is 1.19. The molecule has 1 rings (SSSR count). The Labute approximate surface area is 92.7 Å². The standard InChI is InChI=1S/C11H14O5/c1-3-4-5-15-9-8(12)6-7(2)16-10(9)11(13)14/h6H,3-5H2,1-2H3,(H,13,14). The summed E-state index contributed by atoms with van der Waals surface area (Å²) in [5, 5.41) is 8.86. The fraction of sp³-hybridized carbons (Fsp3) is 0.455. The second-order valence-electron chi connectivity index (χ2n) is 3.39. The van der Waals surface area contributed by atoms with Gasteiger partial charge in [0.15, 0.2) is 0 Å². The summed E-state index contributed by atoms with van der Waals surface area (Å²) in [6, 6.07) is 1.22. The maximum atomic E-state index is 11.5. The van der Waals surface area contributed by atoms with Crippen LogP contribution in [0.3, 0.4) is 0 Å². The topological polar surface area (TPSA) is 76.7 Å². The summed E-state index contributed by atoms with van der Waals surface area (Å²) in [5.41, 5.74) is -0.461. The molecule has 1 N–H and O–H groups in total. The monoisotopic (exact) mass is 226 g/mol. The van der Waals surface area contributed by atoms with Crippen LogP contribution in [-0.4, -0.2) is 17.7 Å². The third-order valence-corrected chi connectivity index (χ3v) is 1.97. The van der Waals surface area contributed by atoms with Crippen LogP contribution in [0.4, 0.5) is 0 Å². The van der Waals surface area contributed by atoms with Gasteiger partial charge < -0.3 is 14.3 Å². The van der Waals surface area contributed by atoms with E-state index in [1.54, 1.807) is 0 Å². The third kappa shape index (κ3) is 2.85. The van der Waals surface area contributed by atoms with Crippen molar-refractivity contribution >= 4 is 5.97 Å². The first kappa shape index (κ1) is 12.3. The molecule has 1 heterocycles. The van der Waals surface area contributed by atoms with E-state index >= 15 is 0 Å². The summed E-state index contributed by atoms with van der Waals surface area (Å²) in [6.45, 7) is 3.80. The lowest BCUT2D eigenvalue weighted by Crippen LogP contribution is -2.14. The Bertz CT molecular complexity index is 432. The predicted molar refractivity (Wildman–Crippen MR) is 57.1 cm³/mol. The zero-order valence-corrected chi connectivity index (χ0v) is 9.28. The van der Waals surface area contributed by atoms with Crippen LogP contribution in [-0.2, 0) is 0 Å². The second kappa shape index (κ2) is 5.34. The molecule has 0 aliphatic carbocycles. The van der Waals surface area contributed by atoms with Gasteiger partial charge in [0.05, 0.1) is 6.61 Å². The highest BCUT2D eigenvalue weighted by atomic mass is 16.5. The van der Waals surface area contributed by atoms with Crippen molar-refractivity contribution < 1.29 is 19.1 Å². The van der Waals surface area contributed by atoms with Crippen LogP contribution >= 0.6 is 0 Å². The van der Waals surface area contributed by atoms with E-state index in [4.69, 9.17) is 14.3 Å². The van der Waals surface area contributed by atoms with Crippen LogP contribution in [0.1, 0.15) is 36.1 Å². The first-order valence-electron chi connectivity index (χ1n) is 5.07. The molecule has 0 aromatic carbocycles. The van der Waals surface area contributed by atoms with Crippen molar-refractivity contribution in [1.29, 1.82) is 0 Å². The molecule has 0 saturated heterocycles. The van der Waals surface area contributed by atoms with Gasteiger partial charge in [-0.1, -0.05) is 13.3 Å². The number of carboxylic acids is 1. The molecule has 0 radical (unpaired) electrons. The number of unbranched alkanes of at least 4 members (excludes halogenated alkanes) is 1. The van der Waals surface area contributed by atoms with E-state index < -0.39 is 17.2 Å². The Morgan fingerprint density at radius 3 is 2.81 bits per heavy atom. The summed E-state index contributed by atoms with van der Waals surface area (Å²) in [7, 11) is 0. The maximum Gasteiger partial charge on any atom is 0.375 e. The van der Waals surface area contributed by atoms with E-state index in [1.165, 1.54) is 13.0 Å². The Balaban J connectivity index is 3.05. The maximum absolute atomic E-state index is 11.5. The van der Waals surface area contributed by atoms with Gasteiger partial charge in [0, 0.05) is 6.07 Å². The van der Waals surface area contributed by atoms with Crippen LogP contribution in [0, 0.1) is 6.92 Å². The highest BCUT2D eigenvalue weighted by molar-refractivity contribution is 5.87. The molecule has 5 heteroatoms. The molecule has 0 amide bonds. The Hall–Kier alpha value is -1.78. The number of aryl methyl sites for hydroxylation is 1. The fourth-order valence-corrected chi connectivity index (χ4v) is 1.19. The van der Waals surface area contributed by atoms with Gasteiger partial charge in [-0.25, -0.2) is 4.79 Å². The van der Waals surface area contributed by atoms with Crippen molar-refractivity contribution in [2.75, 3.05) is 6.61 Å². The van der Waals surface area contributed by atoms with Crippen LogP contribution in [0.5, 0.6) is 5.75 Å². The predicted octanol–water partition coefficient (Wildman–Crippen LogP) is 1.83. The lowest BCUT2D eigenvalue weighted by atomic mass is 10.3. The van der Waals surface area contributed by atoms with Gasteiger partial charge in [0.2, 0.25) is 11.2 Å². The molecule has 0 aliphatic rings. The van der Waals surface area contributed by atoms with Crippen LogP contribution in [0.2, 0.25) is 0 Å². The molecule has 1 aromatic rings. The van der Waals surface area contributed by atoms with Gasteiger partial charge >= 0.3 is 5.97 Å². The lowest BCUT2D eigenvalue weighted by Gasteiger charge is -2.07. The Morgan fingerprint density at radius 2 is 2.25 bits per heavy atom. The molecule has 0 bridgehead atoms. The van der Waals surface area contributed by atoms with Crippen molar-refractivity contribution in [2.45, 2.75) is 26.7 Å². The highest BCUT2D eigenvalue weighted by Crippen LogP contribution is 2.15. The van der Waals surface area contributed by atoms with Crippen LogP contribution in [0.25, 0.3) is 0 Å². The Morgan fingerprint density at radius 1 is 1.56 bits per heavy atom. The Kier molecular flexibility index (Phi) is 4.10. The summed E-state index contributed by atoms with van der Waals surface area (Å²) in [4.78, 5) is 22.4. The molecule has 5 nitrogen and oxygen atoms in total. The minimum absolute atomic E-state index is 0.216. The zero-order valence-electron chi connectivity index (χ0n) is 9.28. The average molecular weight is 226 g/mol. The molecule has 0 aliphatic heterocycles. The number of aromatic carboxylic acids is 1. The zero-order chi connectivity index (χ0) is 12.1. The molecule has 0 unspecified atom stereocenters. The molecular weight excluding hydrogens is 212 g/mol. The largest absolute Gasteiger partial charge is 0.486 e. The van der Waals surface area contributed by atoms with Gasteiger partial charge in [-0.05, 0) is 13.3 Å². The first-order chi connectivity index (χ1) is 7.56. The van der Waals surface area contributed by atoms with Gasteiger partial charge in [-0.15, -0.1) is 0 Å². The van der Waals surface area contributed by atoms with E-state index in [-0.39, 0.29) is 11.5 Å². The molecule has 0 spiro atoms. The summed E-state index contributed by atoms with van der Waals surface area (Å²) < 4.78 is 10.1. The molecule has 1 aromatic heterocycles. The SMILES string of the molecule is CCCCOc1c(C(=O)O)oc(C)cc1=O. The smallest absolute Gasteiger partial charge is 0.375 e. The summed E-state index contributed by atoms with van der Waals surface area (Å²) in [5.74, 6) is -1.69. The quantitative estimate of drug-likeness (QED) is 0.775. The van der Waals surface area contributed by atoms with Gasteiger partial charge in [0.25, 0.3) is 5.76 Å². The molecule has 88 valence electrons. The second-order valence-corrected chi connectivity index (χ2v) is 3.39. The molecule has 0 saturated carbocycles.